The van der Waals surface area contributed by atoms with Crippen LogP contribution in [-0.2, 0) is 24.9 Å². The fraction of sp³-hybridized carbons (Fsp3) is 0.421. The Morgan fingerprint density at radius 3 is 2.94 bits per heavy atom. The minimum absolute atomic E-state index is 0.0267. The quantitative estimate of drug-likeness (QED) is 0.227. The lowest BCUT2D eigenvalue weighted by atomic mass is 9.93. The average molecular weight is 487 g/mol. The average Bonchev–Trinajstić information content (AvgIpc) is 3.36. The van der Waals surface area contributed by atoms with Crippen LogP contribution >= 0.6 is 7.75 Å². The molecule has 14 nitrogen and oxygen atoms in total. The zero-order chi connectivity index (χ0) is 23.9. The molecule has 0 radical (unpaired) electrons. The Balaban J connectivity index is 1.47. The molecule has 0 aliphatic carbocycles. The number of ether oxygens (including phenoxy) is 2. The van der Waals surface area contributed by atoms with Gasteiger partial charge in [-0.3, -0.25) is 13.6 Å². The maximum absolute atomic E-state index is 13.4. The Kier molecular flexibility index (Phi) is 5.64. The highest BCUT2D eigenvalue weighted by Gasteiger charge is 2.60. The van der Waals surface area contributed by atoms with Gasteiger partial charge in [0.1, 0.15) is 17.7 Å². The summed E-state index contributed by atoms with van der Waals surface area (Å²) in [6.07, 6.45) is -0.996. The highest BCUT2D eigenvalue weighted by atomic mass is 31.2. The number of nitrogens with two attached hydrogens (primary N) is 1. The van der Waals surface area contributed by atoms with E-state index in [4.69, 9.17) is 24.3 Å². The third-order valence-corrected chi connectivity index (χ3v) is 7.35. The van der Waals surface area contributed by atoms with E-state index < -0.39 is 31.7 Å². The van der Waals surface area contributed by atoms with Crippen molar-refractivity contribution in [3.8, 4) is 5.88 Å². The molecule has 0 amide bonds. The van der Waals surface area contributed by atoms with Gasteiger partial charge in [0.05, 0.1) is 20.0 Å². The molecule has 3 N–H and O–H groups in total. The van der Waals surface area contributed by atoms with Crippen molar-refractivity contribution in [2.24, 2.45) is 5.11 Å². The summed E-state index contributed by atoms with van der Waals surface area (Å²) in [5, 5.41) is 6.86. The molecule has 0 bridgehead atoms. The van der Waals surface area contributed by atoms with Gasteiger partial charge in [0.2, 0.25) is 11.8 Å². The molecule has 34 heavy (non-hydrogen) atoms. The predicted octanol–water partition coefficient (Wildman–Crippen LogP) is 2.70. The molecule has 178 valence electrons. The molecule has 0 spiro atoms. The molecule has 2 aromatic heterocycles. The van der Waals surface area contributed by atoms with Crippen molar-refractivity contribution in [1.29, 1.82) is 0 Å². The summed E-state index contributed by atoms with van der Waals surface area (Å²) in [4.78, 5) is 15.6. The van der Waals surface area contributed by atoms with E-state index in [0.717, 1.165) is 5.56 Å². The smallest absolute Gasteiger partial charge is 0.406 e. The van der Waals surface area contributed by atoms with E-state index in [-0.39, 0.29) is 25.0 Å². The van der Waals surface area contributed by atoms with Crippen molar-refractivity contribution in [2.75, 3.05) is 19.5 Å². The number of hydrogen-bond acceptors (Lipinski definition) is 10. The number of rotatable bonds is 6. The number of fused-ring (bicyclic) bond motifs is 2. The minimum atomic E-state index is -3.73. The zero-order valence-electron chi connectivity index (χ0n) is 18.3. The largest absolute Gasteiger partial charge is 0.479 e. The molecule has 1 unspecified atom stereocenters. The molecular formula is C19H22N9O5P. The Labute approximate surface area is 193 Å². The SMILES string of the molecule is COc1nc(N)nc2c1ncn2[C@@H]1O[C@@H]2COP(=O)(NCc3ccccc3)O[C@H]2[C@@]1(C)N=[N+]=[N-]. The fourth-order valence-electron chi connectivity index (χ4n) is 4.18. The van der Waals surface area contributed by atoms with E-state index in [1.165, 1.54) is 13.4 Å². The maximum atomic E-state index is 13.4. The minimum Gasteiger partial charge on any atom is -0.479 e. The van der Waals surface area contributed by atoms with Crippen LogP contribution in [0.2, 0.25) is 0 Å². The summed E-state index contributed by atoms with van der Waals surface area (Å²) >= 11 is 0. The van der Waals surface area contributed by atoms with E-state index >= 15 is 0 Å². The van der Waals surface area contributed by atoms with Crippen molar-refractivity contribution in [3.05, 3.63) is 52.7 Å². The highest BCUT2D eigenvalue weighted by molar-refractivity contribution is 7.51. The summed E-state index contributed by atoms with van der Waals surface area (Å²) in [6, 6.07) is 9.41. The first kappa shape index (κ1) is 22.5. The molecule has 2 fully saturated rings. The highest BCUT2D eigenvalue weighted by Crippen LogP contribution is 2.57. The van der Waals surface area contributed by atoms with Gasteiger partial charge in [0.15, 0.2) is 17.4 Å². The Morgan fingerprint density at radius 1 is 1.41 bits per heavy atom. The molecule has 5 atom stereocenters. The van der Waals surface area contributed by atoms with Crippen molar-refractivity contribution < 1.29 is 23.1 Å². The maximum Gasteiger partial charge on any atom is 0.406 e. The van der Waals surface area contributed by atoms with Gasteiger partial charge in [-0.15, -0.1) is 0 Å². The Morgan fingerprint density at radius 2 is 2.21 bits per heavy atom. The van der Waals surface area contributed by atoms with Crippen molar-refractivity contribution in [1.82, 2.24) is 24.6 Å². The standard InChI is InChI=1S/C19H22N9O5P/c1-19(26-27-21)14-12(9-31-34(29,33-14)23-8-11-6-4-3-5-7-11)32-17(19)28-10-22-13-15(28)24-18(20)25-16(13)30-2/h3-7,10,12,14,17H,8-9H2,1-2H3,(H,23,29)(H2,20,24,25)/t12-,14-,17-,19-,34?/m1/s1. The predicted molar refractivity (Wildman–Crippen MR) is 119 cm³/mol. The normalized spacial score (nSPS) is 30.6. The van der Waals surface area contributed by atoms with E-state index in [2.05, 4.69) is 30.1 Å². The van der Waals surface area contributed by atoms with Crippen LogP contribution in [0.3, 0.4) is 0 Å². The molecule has 5 rings (SSSR count). The summed E-state index contributed by atoms with van der Waals surface area (Å²) in [5.41, 5.74) is 15.4. The van der Waals surface area contributed by atoms with Gasteiger partial charge < -0.3 is 15.2 Å². The molecular weight excluding hydrogens is 465 g/mol. The lowest BCUT2D eigenvalue weighted by molar-refractivity contribution is -0.0586. The number of methoxy groups -OCH3 is 1. The van der Waals surface area contributed by atoms with Gasteiger partial charge in [0.25, 0.3) is 0 Å². The van der Waals surface area contributed by atoms with Crippen LogP contribution < -0.4 is 15.6 Å². The second kappa shape index (κ2) is 8.51. The summed E-state index contributed by atoms with van der Waals surface area (Å²) < 4.78 is 37.8. The molecule has 1 aromatic carbocycles. The third kappa shape index (κ3) is 3.76. The summed E-state index contributed by atoms with van der Waals surface area (Å²) in [6.45, 7) is 1.88. The Hall–Kier alpha value is -3.25. The number of nitrogens with zero attached hydrogens (tertiary/aromatic N) is 7. The number of nitrogens with one attached hydrogen (secondary N) is 1. The number of nitrogen functional groups attached to an aromatic ring is 1. The van der Waals surface area contributed by atoms with Crippen LogP contribution in [0.4, 0.5) is 5.95 Å². The molecule has 3 aromatic rings. The molecule has 15 heteroatoms. The molecule has 2 aliphatic heterocycles. The fourth-order valence-corrected chi connectivity index (χ4v) is 5.78. The van der Waals surface area contributed by atoms with E-state index in [9.17, 15) is 10.1 Å². The third-order valence-electron chi connectivity index (χ3n) is 5.81. The number of benzene rings is 1. The number of azide groups is 1. The first-order chi connectivity index (χ1) is 16.4. The topological polar surface area (TPSA) is 184 Å². The van der Waals surface area contributed by atoms with Gasteiger partial charge in [-0.1, -0.05) is 35.4 Å². The molecule has 4 heterocycles. The van der Waals surface area contributed by atoms with E-state index in [1.807, 2.05) is 30.3 Å². The molecule has 0 saturated carbocycles. The van der Waals surface area contributed by atoms with Crippen LogP contribution in [0.5, 0.6) is 5.88 Å². The van der Waals surface area contributed by atoms with Crippen LogP contribution in [0.1, 0.15) is 18.7 Å². The Bertz CT molecular complexity index is 1310. The van der Waals surface area contributed by atoms with Gasteiger partial charge in [0, 0.05) is 11.5 Å². The van der Waals surface area contributed by atoms with Gasteiger partial charge >= 0.3 is 7.75 Å². The van der Waals surface area contributed by atoms with Crippen molar-refractivity contribution in [3.63, 3.8) is 0 Å². The second-order valence-corrected chi connectivity index (χ2v) is 9.78. The number of imidazole rings is 1. The molecule has 2 saturated heterocycles. The van der Waals surface area contributed by atoms with Crippen molar-refractivity contribution >= 4 is 24.9 Å². The van der Waals surface area contributed by atoms with Gasteiger partial charge in [-0.05, 0) is 18.0 Å². The molecule has 2 aliphatic rings. The number of hydrogen-bond donors (Lipinski definition) is 2. The van der Waals surface area contributed by atoms with E-state index in [1.54, 1.807) is 11.5 Å². The lowest BCUT2D eigenvalue weighted by Crippen LogP contribution is -2.47. The monoisotopic (exact) mass is 487 g/mol. The zero-order valence-corrected chi connectivity index (χ0v) is 19.2. The second-order valence-electron chi connectivity index (χ2n) is 8.00. The number of anilines is 1. The number of aromatic nitrogens is 4. The first-order valence-electron chi connectivity index (χ1n) is 10.3. The summed E-state index contributed by atoms with van der Waals surface area (Å²) in [7, 11) is -2.29. The van der Waals surface area contributed by atoms with Crippen LogP contribution in [0, 0.1) is 0 Å². The van der Waals surface area contributed by atoms with E-state index in [0.29, 0.717) is 11.2 Å². The van der Waals surface area contributed by atoms with Gasteiger partial charge in [-0.2, -0.15) is 9.97 Å². The van der Waals surface area contributed by atoms with Gasteiger partial charge in [-0.25, -0.2) is 14.6 Å². The van der Waals surface area contributed by atoms with Crippen LogP contribution in [-0.4, -0.2) is 51.0 Å². The van der Waals surface area contributed by atoms with Crippen LogP contribution in [0.25, 0.3) is 21.6 Å². The van der Waals surface area contributed by atoms with Crippen LogP contribution in [0.15, 0.2) is 41.8 Å². The lowest BCUT2D eigenvalue weighted by Gasteiger charge is -2.36. The first-order valence-corrected chi connectivity index (χ1v) is 11.9. The van der Waals surface area contributed by atoms with Crippen molar-refractivity contribution in [2.45, 2.75) is 37.4 Å². The summed E-state index contributed by atoms with van der Waals surface area (Å²) in [5.74, 6) is 0.164.